The summed E-state index contributed by atoms with van der Waals surface area (Å²) in [5.41, 5.74) is 2.42. The van der Waals surface area contributed by atoms with Crippen LogP contribution in [0, 0.1) is 5.92 Å². The van der Waals surface area contributed by atoms with Crippen LogP contribution < -0.4 is 9.80 Å². The summed E-state index contributed by atoms with van der Waals surface area (Å²) in [4.78, 5) is 30.1. The molecular weight excluding hydrogens is 440 g/mol. The minimum absolute atomic E-state index is 0.0110. The Labute approximate surface area is 204 Å². The number of amides is 2. The van der Waals surface area contributed by atoms with Gasteiger partial charge in [0.15, 0.2) is 5.60 Å². The summed E-state index contributed by atoms with van der Waals surface area (Å²) in [6.07, 6.45) is 5.06. The summed E-state index contributed by atoms with van der Waals surface area (Å²) >= 11 is 0. The highest BCUT2D eigenvalue weighted by Crippen LogP contribution is 2.50. The van der Waals surface area contributed by atoms with Gasteiger partial charge in [-0.15, -0.1) is 0 Å². The molecule has 0 radical (unpaired) electrons. The van der Waals surface area contributed by atoms with Crippen LogP contribution in [0.5, 0.6) is 0 Å². The second-order valence-corrected chi connectivity index (χ2v) is 9.03. The van der Waals surface area contributed by atoms with E-state index in [0.717, 1.165) is 11.3 Å². The molecule has 0 aliphatic carbocycles. The molecule has 178 valence electrons. The SMILES string of the molecule is C[C@@H](/C=C/CCO)[C@]1(O)C(=O)N(c2ccccc2)c2ccc(N3C(=O)CCc4ccccc43)cc21. The fraction of sp³-hybridized carbons (Fsp3) is 0.241. The molecule has 3 aromatic carbocycles. The van der Waals surface area contributed by atoms with Crippen molar-refractivity contribution in [2.75, 3.05) is 16.4 Å². The Morgan fingerprint density at radius 1 is 0.914 bits per heavy atom. The molecule has 5 rings (SSSR count). The molecule has 35 heavy (non-hydrogen) atoms. The highest BCUT2D eigenvalue weighted by molar-refractivity contribution is 6.13. The van der Waals surface area contributed by atoms with Crippen molar-refractivity contribution in [2.45, 2.75) is 31.8 Å². The first-order valence-corrected chi connectivity index (χ1v) is 11.9. The molecule has 0 unspecified atom stereocenters. The lowest BCUT2D eigenvalue weighted by Gasteiger charge is -2.31. The maximum Gasteiger partial charge on any atom is 0.268 e. The third-order valence-corrected chi connectivity index (χ3v) is 6.90. The summed E-state index contributed by atoms with van der Waals surface area (Å²) in [5.74, 6) is -1.02. The van der Waals surface area contributed by atoms with Crippen molar-refractivity contribution in [3.63, 3.8) is 0 Å². The normalized spacial score (nSPS) is 20.3. The van der Waals surface area contributed by atoms with Crippen LogP contribution in [-0.2, 0) is 21.6 Å². The van der Waals surface area contributed by atoms with Crippen molar-refractivity contribution in [3.8, 4) is 0 Å². The third kappa shape index (κ3) is 3.75. The number of benzene rings is 3. The zero-order chi connectivity index (χ0) is 24.6. The molecule has 0 aromatic heterocycles. The molecule has 0 fully saturated rings. The summed E-state index contributed by atoms with van der Waals surface area (Å²) in [6, 6.07) is 22.5. The number of hydrogen-bond acceptors (Lipinski definition) is 4. The number of anilines is 4. The quantitative estimate of drug-likeness (QED) is 0.512. The molecule has 0 spiro atoms. The number of carbonyl (C=O) groups is 2. The molecule has 0 saturated carbocycles. The van der Waals surface area contributed by atoms with Gasteiger partial charge >= 0.3 is 0 Å². The van der Waals surface area contributed by atoms with E-state index in [-0.39, 0.29) is 12.5 Å². The smallest absolute Gasteiger partial charge is 0.268 e. The Bertz CT molecular complexity index is 1300. The van der Waals surface area contributed by atoms with Gasteiger partial charge in [0.2, 0.25) is 5.91 Å². The molecule has 2 heterocycles. The largest absolute Gasteiger partial charge is 0.396 e. The molecule has 6 heteroatoms. The fourth-order valence-electron chi connectivity index (χ4n) is 5.06. The molecular formula is C29H28N2O4. The lowest BCUT2D eigenvalue weighted by molar-refractivity contribution is -0.138. The molecule has 3 aromatic rings. The van der Waals surface area contributed by atoms with Crippen LogP contribution in [0.3, 0.4) is 0 Å². The van der Waals surface area contributed by atoms with Gasteiger partial charge in [0.25, 0.3) is 5.91 Å². The number of fused-ring (bicyclic) bond motifs is 2. The fourth-order valence-corrected chi connectivity index (χ4v) is 5.06. The van der Waals surface area contributed by atoms with Crippen LogP contribution in [0.25, 0.3) is 0 Å². The Morgan fingerprint density at radius 2 is 1.66 bits per heavy atom. The van der Waals surface area contributed by atoms with Crippen LogP contribution in [0.2, 0.25) is 0 Å². The maximum atomic E-state index is 13.8. The average molecular weight is 469 g/mol. The minimum atomic E-state index is -1.83. The second-order valence-electron chi connectivity index (χ2n) is 9.03. The number of carbonyl (C=O) groups excluding carboxylic acids is 2. The van der Waals surface area contributed by atoms with Gasteiger partial charge in [-0.05, 0) is 54.8 Å². The van der Waals surface area contributed by atoms with Crippen molar-refractivity contribution in [1.82, 2.24) is 0 Å². The highest BCUT2D eigenvalue weighted by atomic mass is 16.3. The number of rotatable bonds is 6. The minimum Gasteiger partial charge on any atom is -0.396 e. The lowest BCUT2D eigenvalue weighted by Crippen LogP contribution is -2.42. The molecule has 2 amide bonds. The highest BCUT2D eigenvalue weighted by Gasteiger charge is 2.53. The first-order chi connectivity index (χ1) is 17.0. The molecule has 6 nitrogen and oxygen atoms in total. The summed E-state index contributed by atoms with van der Waals surface area (Å²) < 4.78 is 0. The first-order valence-electron chi connectivity index (χ1n) is 11.9. The number of hydrogen-bond donors (Lipinski definition) is 2. The monoisotopic (exact) mass is 468 g/mol. The van der Waals surface area contributed by atoms with Crippen molar-refractivity contribution in [2.24, 2.45) is 5.92 Å². The summed E-state index contributed by atoms with van der Waals surface area (Å²) in [5, 5.41) is 21.2. The zero-order valence-electron chi connectivity index (χ0n) is 19.6. The van der Waals surface area contributed by atoms with Crippen molar-refractivity contribution < 1.29 is 19.8 Å². The van der Waals surface area contributed by atoms with Crippen LogP contribution in [0.1, 0.15) is 30.9 Å². The maximum absolute atomic E-state index is 13.8. The number of aliphatic hydroxyl groups is 2. The van der Waals surface area contributed by atoms with E-state index in [2.05, 4.69) is 0 Å². The van der Waals surface area contributed by atoms with Gasteiger partial charge in [-0.2, -0.15) is 0 Å². The van der Waals surface area contributed by atoms with Gasteiger partial charge < -0.3 is 10.2 Å². The van der Waals surface area contributed by atoms with Gasteiger partial charge in [-0.25, -0.2) is 0 Å². The molecule has 0 bridgehead atoms. The topological polar surface area (TPSA) is 81.1 Å². The van der Waals surface area contributed by atoms with E-state index in [1.165, 1.54) is 0 Å². The van der Waals surface area contributed by atoms with Crippen LogP contribution in [-0.4, -0.2) is 28.6 Å². The second kappa shape index (κ2) is 9.13. The predicted molar refractivity (Wildman–Crippen MR) is 136 cm³/mol. The number of para-hydroxylation sites is 2. The van der Waals surface area contributed by atoms with Crippen molar-refractivity contribution in [1.29, 1.82) is 0 Å². The third-order valence-electron chi connectivity index (χ3n) is 6.90. The predicted octanol–water partition coefficient (Wildman–Crippen LogP) is 4.74. The van der Waals surface area contributed by atoms with Gasteiger partial charge in [-0.3, -0.25) is 19.4 Å². The number of aliphatic hydroxyl groups excluding tert-OH is 1. The van der Waals surface area contributed by atoms with Crippen LogP contribution in [0.15, 0.2) is 84.9 Å². The van der Waals surface area contributed by atoms with Crippen LogP contribution >= 0.6 is 0 Å². The van der Waals surface area contributed by atoms with Gasteiger partial charge in [0.05, 0.1) is 11.4 Å². The van der Waals surface area contributed by atoms with E-state index in [9.17, 15) is 14.7 Å². The van der Waals surface area contributed by atoms with E-state index >= 15 is 0 Å². The molecule has 2 atom stereocenters. The summed E-state index contributed by atoms with van der Waals surface area (Å²) in [6.45, 7) is 1.78. The van der Waals surface area contributed by atoms with Gasteiger partial charge in [0.1, 0.15) is 0 Å². The van der Waals surface area contributed by atoms with Gasteiger partial charge in [0, 0.05) is 35.9 Å². The molecule has 0 saturated heterocycles. The Hall–Kier alpha value is -3.74. The molecule has 2 N–H and O–H groups in total. The van der Waals surface area contributed by atoms with E-state index in [1.807, 2.05) is 66.7 Å². The van der Waals surface area contributed by atoms with Crippen molar-refractivity contribution >= 4 is 34.6 Å². The van der Waals surface area contributed by atoms with Crippen molar-refractivity contribution in [3.05, 3.63) is 96.1 Å². The van der Waals surface area contributed by atoms with Crippen LogP contribution in [0.4, 0.5) is 22.7 Å². The Morgan fingerprint density at radius 3 is 2.43 bits per heavy atom. The summed E-state index contributed by atoms with van der Waals surface area (Å²) in [7, 11) is 0. The van der Waals surface area contributed by atoms with E-state index in [1.54, 1.807) is 34.9 Å². The first kappa shape index (κ1) is 23.0. The van der Waals surface area contributed by atoms with E-state index in [0.29, 0.717) is 41.9 Å². The molecule has 2 aliphatic rings. The molecule has 2 aliphatic heterocycles. The number of aryl methyl sites for hydroxylation is 1. The average Bonchev–Trinajstić information content (AvgIpc) is 3.11. The number of nitrogens with zero attached hydrogens (tertiary/aromatic N) is 2. The standard InChI is InChI=1S/C29H28N2O4/c1-20(9-7-8-18-32)29(35)24-19-23(30-25-13-6-5-10-21(25)14-17-27(30)33)15-16-26(24)31(28(29)34)22-11-3-2-4-12-22/h2-7,9-13,15-16,19-20,32,35H,8,14,17-18H2,1H3/b9-7+/t20-,29+/m0/s1. The Kier molecular flexibility index (Phi) is 6.01. The lowest BCUT2D eigenvalue weighted by atomic mass is 9.82. The zero-order valence-corrected chi connectivity index (χ0v) is 19.6. The van der Waals surface area contributed by atoms with Gasteiger partial charge in [-0.1, -0.05) is 55.5 Å². The van der Waals surface area contributed by atoms with E-state index in [4.69, 9.17) is 5.11 Å². The van der Waals surface area contributed by atoms with E-state index < -0.39 is 17.4 Å². The Balaban J connectivity index is 1.66.